The minimum absolute atomic E-state index is 0.286. The highest BCUT2D eigenvalue weighted by Crippen LogP contribution is 2.26. The topological polar surface area (TPSA) is 61.4 Å². The van der Waals surface area contributed by atoms with Gasteiger partial charge < -0.3 is 10.6 Å². The predicted octanol–water partition coefficient (Wildman–Crippen LogP) is 4.10. The molecule has 0 aromatic heterocycles. The fourth-order valence-electron chi connectivity index (χ4n) is 3.28. The molecule has 1 atom stereocenters. The molecule has 1 unspecified atom stereocenters. The maximum absolute atomic E-state index is 13.3. The lowest BCUT2D eigenvalue weighted by molar-refractivity contribution is -0.118. The van der Waals surface area contributed by atoms with Crippen molar-refractivity contribution in [1.82, 2.24) is 5.32 Å². The van der Waals surface area contributed by atoms with Gasteiger partial charge in [-0.05, 0) is 55.5 Å². The van der Waals surface area contributed by atoms with E-state index in [4.69, 9.17) is 0 Å². The van der Waals surface area contributed by atoms with Crippen molar-refractivity contribution in [1.29, 1.82) is 0 Å². The van der Waals surface area contributed by atoms with Crippen molar-refractivity contribution >= 4 is 23.3 Å². The lowest BCUT2D eigenvalue weighted by Crippen LogP contribution is -2.49. The summed E-state index contributed by atoms with van der Waals surface area (Å²) in [7, 11) is 0. The average molecular weight is 369 g/mol. The maximum Gasteiger partial charge on any atom is 0.322 e. The van der Waals surface area contributed by atoms with E-state index in [1.165, 1.54) is 18.2 Å². The van der Waals surface area contributed by atoms with Crippen LogP contribution in [0.15, 0.2) is 48.5 Å². The second-order valence-corrected chi connectivity index (χ2v) is 6.65. The van der Waals surface area contributed by atoms with Crippen LogP contribution in [0, 0.1) is 5.82 Å². The van der Waals surface area contributed by atoms with Gasteiger partial charge in [-0.2, -0.15) is 0 Å². The van der Waals surface area contributed by atoms with E-state index >= 15 is 0 Å². The SMILES string of the molecule is CCC(NC(=O)N1CCCCc2ccccc21)C(=O)Nc1cccc(F)c1. The average Bonchev–Trinajstić information content (AvgIpc) is 2.88. The number of hydrogen-bond donors (Lipinski definition) is 2. The molecular formula is C21H24FN3O2. The molecule has 2 aromatic rings. The summed E-state index contributed by atoms with van der Waals surface area (Å²) in [5.74, 6) is -0.786. The molecule has 3 amide bonds. The Labute approximate surface area is 158 Å². The Kier molecular flexibility index (Phi) is 6.06. The number of carbonyl (C=O) groups is 2. The number of anilines is 2. The van der Waals surface area contributed by atoms with Crippen LogP contribution in [-0.2, 0) is 11.2 Å². The number of benzene rings is 2. The Morgan fingerprint density at radius 2 is 1.96 bits per heavy atom. The van der Waals surface area contributed by atoms with Gasteiger partial charge in [0.1, 0.15) is 11.9 Å². The van der Waals surface area contributed by atoms with Crippen molar-refractivity contribution in [3.8, 4) is 0 Å². The highest BCUT2D eigenvalue weighted by molar-refractivity contribution is 6.00. The minimum Gasteiger partial charge on any atom is -0.326 e. The minimum atomic E-state index is -0.698. The summed E-state index contributed by atoms with van der Waals surface area (Å²) in [4.78, 5) is 27.1. The zero-order chi connectivity index (χ0) is 19.2. The number of halogens is 1. The van der Waals surface area contributed by atoms with Gasteiger partial charge in [0, 0.05) is 17.9 Å². The number of urea groups is 1. The number of rotatable bonds is 4. The Bertz CT molecular complexity index is 825. The van der Waals surface area contributed by atoms with Gasteiger partial charge in [-0.3, -0.25) is 9.69 Å². The summed E-state index contributed by atoms with van der Waals surface area (Å²) in [6, 6.07) is 12.6. The highest BCUT2D eigenvalue weighted by Gasteiger charge is 2.25. The molecule has 0 bridgehead atoms. The molecule has 1 heterocycles. The van der Waals surface area contributed by atoms with Crippen molar-refractivity contribution in [3.05, 3.63) is 59.9 Å². The lowest BCUT2D eigenvalue weighted by Gasteiger charge is -2.26. The van der Waals surface area contributed by atoms with Gasteiger partial charge in [-0.1, -0.05) is 31.2 Å². The standard InChI is InChI=1S/C21H24FN3O2/c1-2-18(20(26)23-17-11-7-10-16(22)14-17)24-21(27)25-13-6-5-9-15-8-3-4-12-19(15)25/h3-4,7-8,10-12,14,18H,2,5-6,9,13H2,1H3,(H,23,26)(H,24,27). The number of para-hydroxylation sites is 1. The Balaban J connectivity index is 1.70. The van der Waals surface area contributed by atoms with Crippen LogP contribution in [0.2, 0.25) is 0 Å². The van der Waals surface area contributed by atoms with E-state index in [1.807, 2.05) is 31.2 Å². The summed E-state index contributed by atoms with van der Waals surface area (Å²) < 4.78 is 13.3. The molecule has 0 spiro atoms. The van der Waals surface area contributed by atoms with E-state index in [-0.39, 0.29) is 11.9 Å². The van der Waals surface area contributed by atoms with Crippen molar-refractivity contribution in [2.75, 3.05) is 16.8 Å². The Morgan fingerprint density at radius 3 is 2.74 bits per heavy atom. The van der Waals surface area contributed by atoms with Crippen LogP contribution in [0.25, 0.3) is 0 Å². The van der Waals surface area contributed by atoms with Crippen LogP contribution < -0.4 is 15.5 Å². The second kappa shape index (κ2) is 8.66. The summed E-state index contributed by atoms with van der Waals surface area (Å²) in [6.07, 6.45) is 3.31. The highest BCUT2D eigenvalue weighted by atomic mass is 19.1. The van der Waals surface area contributed by atoms with Crippen molar-refractivity contribution in [2.24, 2.45) is 0 Å². The fourth-order valence-corrected chi connectivity index (χ4v) is 3.28. The first-order valence-electron chi connectivity index (χ1n) is 9.31. The van der Waals surface area contributed by atoms with Crippen LogP contribution in [0.4, 0.5) is 20.6 Å². The largest absolute Gasteiger partial charge is 0.326 e. The molecule has 142 valence electrons. The molecule has 2 aromatic carbocycles. The maximum atomic E-state index is 13.3. The fraction of sp³-hybridized carbons (Fsp3) is 0.333. The first-order chi connectivity index (χ1) is 13.1. The summed E-state index contributed by atoms with van der Waals surface area (Å²) in [5.41, 5.74) is 2.41. The molecule has 3 rings (SSSR count). The zero-order valence-corrected chi connectivity index (χ0v) is 15.4. The molecular weight excluding hydrogens is 345 g/mol. The monoisotopic (exact) mass is 369 g/mol. The summed E-state index contributed by atoms with van der Waals surface area (Å²) >= 11 is 0. The number of fused-ring (bicyclic) bond motifs is 1. The number of aryl methyl sites for hydroxylation is 1. The molecule has 1 aliphatic rings. The lowest BCUT2D eigenvalue weighted by atomic mass is 10.1. The van der Waals surface area contributed by atoms with Gasteiger partial charge in [0.2, 0.25) is 5.91 Å². The van der Waals surface area contributed by atoms with Gasteiger partial charge in [0.15, 0.2) is 0 Å². The van der Waals surface area contributed by atoms with Crippen LogP contribution in [0.1, 0.15) is 31.7 Å². The number of nitrogens with zero attached hydrogens (tertiary/aromatic N) is 1. The summed E-state index contributed by atoms with van der Waals surface area (Å²) in [6.45, 7) is 2.44. The zero-order valence-electron chi connectivity index (χ0n) is 15.4. The Morgan fingerprint density at radius 1 is 1.15 bits per heavy atom. The predicted molar refractivity (Wildman–Crippen MR) is 104 cm³/mol. The third-order valence-corrected chi connectivity index (χ3v) is 4.72. The molecule has 0 aliphatic carbocycles. The Hall–Kier alpha value is -2.89. The number of nitrogens with one attached hydrogen (secondary N) is 2. The molecule has 0 radical (unpaired) electrons. The van der Waals surface area contributed by atoms with E-state index in [1.54, 1.807) is 11.0 Å². The van der Waals surface area contributed by atoms with Crippen molar-refractivity contribution in [2.45, 2.75) is 38.6 Å². The van der Waals surface area contributed by atoms with E-state index in [9.17, 15) is 14.0 Å². The molecule has 27 heavy (non-hydrogen) atoms. The van der Waals surface area contributed by atoms with Gasteiger partial charge in [-0.15, -0.1) is 0 Å². The van der Waals surface area contributed by atoms with Crippen LogP contribution in [0.5, 0.6) is 0 Å². The molecule has 0 saturated carbocycles. The summed E-state index contributed by atoms with van der Waals surface area (Å²) in [5, 5.41) is 5.48. The number of carbonyl (C=O) groups excluding carboxylic acids is 2. The van der Waals surface area contributed by atoms with Crippen LogP contribution in [0.3, 0.4) is 0 Å². The third-order valence-electron chi connectivity index (χ3n) is 4.72. The number of amides is 3. The van der Waals surface area contributed by atoms with Crippen molar-refractivity contribution in [3.63, 3.8) is 0 Å². The molecule has 0 fully saturated rings. The second-order valence-electron chi connectivity index (χ2n) is 6.65. The quantitative estimate of drug-likeness (QED) is 0.852. The van der Waals surface area contributed by atoms with Gasteiger partial charge in [0.05, 0.1) is 0 Å². The van der Waals surface area contributed by atoms with E-state index in [2.05, 4.69) is 10.6 Å². The van der Waals surface area contributed by atoms with Crippen molar-refractivity contribution < 1.29 is 14.0 Å². The first kappa shape index (κ1) is 18.9. The van der Waals surface area contributed by atoms with Gasteiger partial charge in [-0.25, -0.2) is 9.18 Å². The molecule has 1 aliphatic heterocycles. The van der Waals surface area contributed by atoms with Gasteiger partial charge >= 0.3 is 6.03 Å². The molecule has 0 saturated heterocycles. The first-order valence-corrected chi connectivity index (χ1v) is 9.31. The van der Waals surface area contributed by atoms with E-state index < -0.39 is 11.9 Å². The normalized spacial score (nSPS) is 14.7. The number of hydrogen-bond acceptors (Lipinski definition) is 2. The van der Waals surface area contributed by atoms with E-state index in [0.29, 0.717) is 18.7 Å². The van der Waals surface area contributed by atoms with E-state index in [0.717, 1.165) is 30.5 Å². The third kappa shape index (κ3) is 4.64. The molecule has 2 N–H and O–H groups in total. The molecule has 5 nitrogen and oxygen atoms in total. The van der Waals surface area contributed by atoms with Crippen LogP contribution >= 0.6 is 0 Å². The van der Waals surface area contributed by atoms with Gasteiger partial charge in [0.25, 0.3) is 0 Å². The molecule has 6 heteroatoms. The van der Waals surface area contributed by atoms with Crippen LogP contribution in [-0.4, -0.2) is 24.5 Å². The smallest absolute Gasteiger partial charge is 0.322 e.